The lowest BCUT2D eigenvalue weighted by Crippen LogP contribution is -2.56. The normalized spacial score (nSPS) is 19.7. The van der Waals surface area contributed by atoms with Crippen LogP contribution in [0.5, 0.6) is 0 Å². The molecular formula is C19H21N3O4. The number of pyridine rings is 1. The molecule has 3 rings (SSSR count). The number of amides is 2. The first-order chi connectivity index (χ1) is 12.6. The minimum Gasteiger partial charge on any atom is -0.444 e. The summed E-state index contributed by atoms with van der Waals surface area (Å²) < 4.78 is 5.36. The number of aliphatic hydroxyl groups is 1. The summed E-state index contributed by atoms with van der Waals surface area (Å²) in [6, 6.07) is 14.4. The van der Waals surface area contributed by atoms with E-state index in [1.165, 1.54) is 11.1 Å². The Kier molecular flexibility index (Phi) is 5.80. The second kappa shape index (κ2) is 8.44. The van der Waals surface area contributed by atoms with Crippen molar-refractivity contribution >= 4 is 12.0 Å². The van der Waals surface area contributed by atoms with Crippen molar-refractivity contribution in [2.75, 3.05) is 6.54 Å². The lowest BCUT2D eigenvalue weighted by molar-refractivity contribution is 0.0169. The fourth-order valence-electron chi connectivity index (χ4n) is 2.83. The second-order valence-corrected chi connectivity index (χ2v) is 6.12. The largest absolute Gasteiger partial charge is 0.444 e. The van der Waals surface area contributed by atoms with E-state index < -0.39 is 24.3 Å². The van der Waals surface area contributed by atoms with E-state index in [0.29, 0.717) is 13.0 Å². The lowest BCUT2D eigenvalue weighted by Gasteiger charge is -2.37. The van der Waals surface area contributed by atoms with E-state index in [4.69, 9.17) is 4.74 Å². The van der Waals surface area contributed by atoms with E-state index in [2.05, 4.69) is 10.3 Å². The van der Waals surface area contributed by atoms with Gasteiger partial charge in [-0.1, -0.05) is 36.4 Å². The van der Waals surface area contributed by atoms with E-state index in [9.17, 15) is 14.7 Å². The van der Waals surface area contributed by atoms with Crippen LogP contribution in [0.25, 0.3) is 0 Å². The maximum Gasteiger partial charge on any atom is 0.411 e. The van der Waals surface area contributed by atoms with Gasteiger partial charge in [-0.2, -0.15) is 0 Å². The zero-order valence-electron chi connectivity index (χ0n) is 14.2. The first-order valence-electron chi connectivity index (χ1n) is 8.51. The van der Waals surface area contributed by atoms with Crippen LogP contribution in [0.1, 0.15) is 28.9 Å². The Morgan fingerprint density at radius 3 is 2.69 bits per heavy atom. The van der Waals surface area contributed by atoms with Crippen LogP contribution >= 0.6 is 0 Å². The van der Waals surface area contributed by atoms with Crippen molar-refractivity contribution in [3.05, 3.63) is 66.0 Å². The minimum atomic E-state index is -0.642. The highest BCUT2D eigenvalue weighted by atomic mass is 16.6. The second-order valence-electron chi connectivity index (χ2n) is 6.12. The Balaban J connectivity index is 1.63. The summed E-state index contributed by atoms with van der Waals surface area (Å²) in [6.07, 6.45) is 0.470. The summed E-state index contributed by atoms with van der Waals surface area (Å²) in [5.41, 5.74) is 1.14. The molecule has 2 aromatic rings. The van der Waals surface area contributed by atoms with Crippen molar-refractivity contribution < 1.29 is 19.4 Å². The number of piperidine rings is 1. The number of carbonyl (C=O) groups is 2. The number of aliphatic hydroxyl groups excluding tert-OH is 1. The molecular weight excluding hydrogens is 334 g/mol. The predicted octanol–water partition coefficient (Wildman–Crippen LogP) is 1.93. The van der Waals surface area contributed by atoms with Gasteiger partial charge in [-0.15, -0.1) is 0 Å². The Morgan fingerprint density at radius 2 is 1.96 bits per heavy atom. The summed E-state index contributed by atoms with van der Waals surface area (Å²) in [6.45, 7) is 0.460. The van der Waals surface area contributed by atoms with Gasteiger partial charge in [0.05, 0.1) is 6.10 Å². The molecule has 1 fully saturated rings. The lowest BCUT2D eigenvalue weighted by atomic mass is 10.1. The molecule has 2 N–H and O–H groups in total. The van der Waals surface area contributed by atoms with Crippen LogP contribution in [0.15, 0.2) is 54.7 Å². The van der Waals surface area contributed by atoms with Crippen LogP contribution in [-0.4, -0.2) is 45.8 Å². The molecule has 1 aromatic carbocycles. The average molecular weight is 355 g/mol. The van der Waals surface area contributed by atoms with Crippen LogP contribution in [0, 0.1) is 0 Å². The third kappa shape index (κ3) is 4.58. The number of rotatable bonds is 4. The molecule has 1 aliphatic heterocycles. The van der Waals surface area contributed by atoms with E-state index in [1.54, 1.807) is 18.2 Å². The molecule has 1 aromatic heterocycles. The van der Waals surface area contributed by atoms with Gasteiger partial charge in [0, 0.05) is 19.2 Å². The predicted molar refractivity (Wildman–Crippen MR) is 94.1 cm³/mol. The minimum absolute atomic E-state index is 0.152. The Morgan fingerprint density at radius 1 is 1.19 bits per heavy atom. The third-order valence-corrected chi connectivity index (χ3v) is 4.21. The molecule has 0 aliphatic carbocycles. The van der Waals surface area contributed by atoms with Crippen LogP contribution in [-0.2, 0) is 11.3 Å². The quantitative estimate of drug-likeness (QED) is 0.874. The zero-order chi connectivity index (χ0) is 18.4. The molecule has 1 saturated heterocycles. The van der Waals surface area contributed by atoms with Crippen molar-refractivity contribution in [3.8, 4) is 0 Å². The van der Waals surface area contributed by atoms with Crippen molar-refractivity contribution in [3.63, 3.8) is 0 Å². The number of likely N-dealkylation sites (tertiary alicyclic amines) is 1. The van der Waals surface area contributed by atoms with Crippen molar-refractivity contribution in [1.29, 1.82) is 0 Å². The highest BCUT2D eigenvalue weighted by Gasteiger charge is 2.33. The summed E-state index contributed by atoms with van der Waals surface area (Å²) in [5, 5.41) is 12.7. The number of nitrogens with zero attached hydrogens (tertiary/aromatic N) is 2. The van der Waals surface area contributed by atoms with Crippen molar-refractivity contribution in [2.45, 2.75) is 31.7 Å². The summed E-state index contributed by atoms with van der Waals surface area (Å²) in [5.74, 6) is -0.398. The topological polar surface area (TPSA) is 91.8 Å². The Labute approximate surface area is 151 Å². The molecule has 0 saturated carbocycles. The number of benzene rings is 1. The molecule has 7 nitrogen and oxygen atoms in total. The molecule has 2 heterocycles. The Hall–Kier alpha value is -2.93. The molecule has 0 spiro atoms. The molecule has 2 unspecified atom stereocenters. The van der Waals surface area contributed by atoms with Gasteiger partial charge in [-0.3, -0.25) is 14.7 Å². The first kappa shape index (κ1) is 17.9. The number of hydrogen-bond donors (Lipinski definition) is 2. The van der Waals surface area contributed by atoms with Gasteiger partial charge in [0.15, 0.2) is 0 Å². The van der Waals surface area contributed by atoms with Crippen LogP contribution in [0.3, 0.4) is 0 Å². The van der Waals surface area contributed by atoms with Crippen molar-refractivity contribution in [1.82, 2.24) is 15.2 Å². The van der Waals surface area contributed by atoms with Gasteiger partial charge in [0.2, 0.25) is 0 Å². The van der Waals surface area contributed by atoms with Crippen molar-refractivity contribution in [2.24, 2.45) is 0 Å². The van der Waals surface area contributed by atoms with Crippen LogP contribution < -0.4 is 5.32 Å². The fraction of sp³-hybridized carbons (Fsp3) is 0.316. The molecule has 2 amide bonds. The summed E-state index contributed by atoms with van der Waals surface area (Å²) >= 11 is 0. The number of ether oxygens (including phenoxy) is 1. The first-order valence-corrected chi connectivity index (χ1v) is 8.51. The highest BCUT2D eigenvalue weighted by Crippen LogP contribution is 2.18. The number of nitrogens with one attached hydrogen (secondary N) is 1. The van der Waals surface area contributed by atoms with Gasteiger partial charge in [-0.05, 0) is 24.1 Å². The van der Waals surface area contributed by atoms with Gasteiger partial charge in [0.25, 0.3) is 5.91 Å². The third-order valence-electron chi connectivity index (χ3n) is 4.21. The van der Waals surface area contributed by atoms with Gasteiger partial charge < -0.3 is 15.2 Å². The van der Waals surface area contributed by atoms with E-state index in [-0.39, 0.29) is 18.7 Å². The van der Waals surface area contributed by atoms with Gasteiger partial charge >= 0.3 is 6.09 Å². The fourth-order valence-corrected chi connectivity index (χ4v) is 2.83. The average Bonchev–Trinajstić information content (AvgIpc) is 2.68. The molecule has 2 atom stereocenters. The van der Waals surface area contributed by atoms with E-state index in [1.807, 2.05) is 30.3 Å². The molecule has 0 bridgehead atoms. The number of aromatic nitrogens is 1. The van der Waals surface area contributed by atoms with Crippen LogP contribution in [0.4, 0.5) is 4.79 Å². The summed E-state index contributed by atoms with van der Waals surface area (Å²) in [4.78, 5) is 30.2. The van der Waals surface area contributed by atoms with Gasteiger partial charge in [0.1, 0.15) is 18.5 Å². The highest BCUT2D eigenvalue weighted by molar-refractivity contribution is 5.92. The van der Waals surface area contributed by atoms with Crippen LogP contribution in [0.2, 0.25) is 0 Å². The monoisotopic (exact) mass is 355 g/mol. The Bertz CT molecular complexity index is 739. The molecule has 1 aliphatic rings. The zero-order valence-corrected chi connectivity index (χ0v) is 14.2. The number of hydrogen-bond acceptors (Lipinski definition) is 5. The maximum absolute atomic E-state index is 12.5. The maximum atomic E-state index is 12.5. The number of carbonyl (C=O) groups excluding carboxylic acids is 2. The SMILES string of the molecule is O=C(NC1CC(O)CCN1C(=O)OCc1ccccc1)c1ccccn1. The molecule has 136 valence electrons. The van der Waals surface area contributed by atoms with E-state index in [0.717, 1.165) is 5.56 Å². The molecule has 26 heavy (non-hydrogen) atoms. The summed E-state index contributed by atoms with van der Waals surface area (Å²) in [7, 11) is 0. The molecule has 7 heteroatoms. The smallest absolute Gasteiger partial charge is 0.411 e. The van der Waals surface area contributed by atoms with Gasteiger partial charge in [-0.25, -0.2) is 4.79 Å². The van der Waals surface area contributed by atoms with E-state index >= 15 is 0 Å². The standard InChI is InChI=1S/C19H21N3O4/c23-15-9-11-22(19(25)26-13-14-6-2-1-3-7-14)17(12-15)21-18(24)16-8-4-5-10-20-16/h1-8,10,15,17,23H,9,11-13H2,(H,21,24). The molecule has 0 radical (unpaired) electrons.